The Labute approximate surface area is 204 Å². The van der Waals surface area contributed by atoms with Crippen molar-refractivity contribution >= 4 is 28.8 Å². The molecule has 0 atom stereocenters. The van der Waals surface area contributed by atoms with E-state index in [-0.39, 0.29) is 34.0 Å². The fourth-order valence-electron chi connectivity index (χ4n) is 3.78. The number of para-hydroxylation sites is 1. The smallest absolute Gasteiger partial charge is 0.337 e. The van der Waals surface area contributed by atoms with Crippen LogP contribution in [0.5, 0.6) is 0 Å². The summed E-state index contributed by atoms with van der Waals surface area (Å²) < 4.78 is 44.5. The molecule has 0 aliphatic heterocycles. The Morgan fingerprint density at radius 1 is 1.19 bits per heavy atom. The van der Waals surface area contributed by atoms with E-state index in [1.807, 2.05) is 0 Å². The van der Waals surface area contributed by atoms with Gasteiger partial charge in [0, 0.05) is 24.0 Å². The average molecular weight is 491 g/mol. The number of nitrogens with one attached hydrogen (secondary N) is 1. The number of carbonyl (C=O) groups is 1. The number of aryl methyl sites for hydroxylation is 1. The maximum atomic E-state index is 15.0. The summed E-state index contributed by atoms with van der Waals surface area (Å²) in [4.78, 5) is 15.7. The molecule has 1 aliphatic rings. The summed E-state index contributed by atoms with van der Waals surface area (Å²) in [7, 11) is 0. The number of aromatic carboxylic acids is 1. The van der Waals surface area contributed by atoms with Crippen LogP contribution in [0.1, 0.15) is 21.6 Å². The van der Waals surface area contributed by atoms with Gasteiger partial charge in [0.2, 0.25) is 0 Å². The van der Waals surface area contributed by atoms with Crippen molar-refractivity contribution in [1.29, 1.82) is 0 Å². The van der Waals surface area contributed by atoms with Gasteiger partial charge in [-0.15, -0.1) is 0 Å². The largest absolute Gasteiger partial charge is 0.478 e. The van der Waals surface area contributed by atoms with Crippen LogP contribution in [-0.4, -0.2) is 26.6 Å². The van der Waals surface area contributed by atoms with Gasteiger partial charge in [0.25, 0.3) is 0 Å². The van der Waals surface area contributed by atoms with Crippen LogP contribution in [0.2, 0.25) is 0 Å². The topological polar surface area (TPSA) is 106 Å². The van der Waals surface area contributed by atoms with Crippen molar-refractivity contribution in [3.8, 4) is 5.69 Å². The number of rotatable bonds is 6. The van der Waals surface area contributed by atoms with Crippen LogP contribution in [-0.2, 0) is 0 Å². The zero-order valence-electron chi connectivity index (χ0n) is 19.0. The van der Waals surface area contributed by atoms with E-state index in [1.54, 1.807) is 25.1 Å². The van der Waals surface area contributed by atoms with Crippen molar-refractivity contribution < 1.29 is 23.1 Å². The number of aromatic nitrogens is 2. The number of carboxylic acid groups (broad SMARTS) is 1. The number of nitrogens with zero attached hydrogens (tertiary/aromatic N) is 3. The molecule has 4 rings (SSSR count). The van der Waals surface area contributed by atoms with Gasteiger partial charge in [0.05, 0.1) is 16.9 Å². The molecular formula is C26H20F3N5O2. The van der Waals surface area contributed by atoms with Crippen LogP contribution in [0, 0.1) is 18.6 Å². The van der Waals surface area contributed by atoms with E-state index >= 15 is 0 Å². The standard InChI is InChI=1S/C26H20F3N5O2/c1-14-11-16(12-20(29)24(14)31-10-9-30)23-15(2)33-34(22-8-7-17(27)13-19(22)28)25(23)32-21-6-4-3-5-18(21)26(35)36/h3-13,32H,1,30H2,2H3,(H,35,36)/b10-9-,31-24?. The van der Waals surface area contributed by atoms with Crippen molar-refractivity contribution in [1.82, 2.24) is 9.78 Å². The van der Waals surface area contributed by atoms with Gasteiger partial charge in [-0.2, -0.15) is 5.10 Å². The zero-order valence-corrected chi connectivity index (χ0v) is 19.0. The van der Waals surface area contributed by atoms with Crippen molar-refractivity contribution in [3.63, 3.8) is 0 Å². The number of benzene rings is 2. The number of hydrogen-bond donors (Lipinski definition) is 3. The molecule has 3 aromatic rings. The third kappa shape index (κ3) is 4.56. The van der Waals surface area contributed by atoms with Crippen LogP contribution < -0.4 is 11.1 Å². The van der Waals surface area contributed by atoms with E-state index in [0.29, 0.717) is 22.9 Å². The molecule has 1 aliphatic carbocycles. The lowest BCUT2D eigenvalue weighted by molar-refractivity contribution is 0.0698. The van der Waals surface area contributed by atoms with Gasteiger partial charge >= 0.3 is 5.97 Å². The van der Waals surface area contributed by atoms with Crippen molar-refractivity contribution in [3.05, 3.63) is 113 Å². The molecule has 1 heterocycles. The molecule has 0 spiro atoms. The minimum absolute atomic E-state index is 0.0131. The molecule has 1 aromatic heterocycles. The summed E-state index contributed by atoms with van der Waals surface area (Å²) in [6.45, 7) is 5.48. The van der Waals surface area contributed by atoms with Crippen molar-refractivity contribution in [2.75, 3.05) is 5.32 Å². The number of halogens is 3. The second-order valence-corrected chi connectivity index (χ2v) is 7.73. The van der Waals surface area contributed by atoms with Gasteiger partial charge in [0.1, 0.15) is 28.9 Å². The number of anilines is 2. The maximum Gasteiger partial charge on any atom is 0.337 e. The van der Waals surface area contributed by atoms with Crippen molar-refractivity contribution in [2.45, 2.75) is 6.92 Å². The lowest BCUT2D eigenvalue weighted by atomic mass is 9.94. The predicted molar refractivity (Wildman–Crippen MR) is 132 cm³/mol. The molecule has 4 N–H and O–H groups in total. The van der Waals surface area contributed by atoms with Gasteiger partial charge in [-0.05, 0) is 54.5 Å². The zero-order chi connectivity index (χ0) is 26.0. The minimum atomic E-state index is -1.19. The fraction of sp³-hybridized carbons (Fsp3) is 0.0385. The molecule has 0 bridgehead atoms. The Morgan fingerprint density at radius 2 is 1.94 bits per heavy atom. The van der Waals surface area contributed by atoms with Gasteiger partial charge in [0.15, 0.2) is 5.82 Å². The van der Waals surface area contributed by atoms with Crippen LogP contribution in [0.25, 0.3) is 11.3 Å². The normalized spacial score (nSPS) is 14.8. The molecule has 0 saturated heterocycles. The molecule has 0 unspecified atom stereocenters. The van der Waals surface area contributed by atoms with Gasteiger partial charge < -0.3 is 16.2 Å². The highest BCUT2D eigenvalue weighted by Crippen LogP contribution is 2.37. The Morgan fingerprint density at radius 3 is 2.61 bits per heavy atom. The molecule has 7 nitrogen and oxygen atoms in total. The molecule has 0 saturated carbocycles. The van der Waals surface area contributed by atoms with Crippen molar-refractivity contribution in [2.24, 2.45) is 10.7 Å². The summed E-state index contributed by atoms with van der Waals surface area (Å²) in [5.41, 5.74) is 6.60. The first kappa shape index (κ1) is 24.3. The minimum Gasteiger partial charge on any atom is -0.478 e. The quantitative estimate of drug-likeness (QED) is 0.418. The maximum absolute atomic E-state index is 15.0. The Hall–Kier alpha value is -4.86. The van der Waals surface area contributed by atoms with Crippen LogP contribution in [0.4, 0.5) is 24.7 Å². The molecule has 0 amide bonds. The van der Waals surface area contributed by atoms with E-state index in [1.165, 1.54) is 35.2 Å². The third-order valence-corrected chi connectivity index (χ3v) is 5.33. The molecule has 10 heteroatoms. The first-order valence-electron chi connectivity index (χ1n) is 10.6. The number of aliphatic imine (C=N–C) groups is 1. The average Bonchev–Trinajstić information content (AvgIpc) is 3.14. The highest BCUT2D eigenvalue weighted by Gasteiger charge is 2.26. The first-order chi connectivity index (χ1) is 17.2. The van der Waals surface area contributed by atoms with Gasteiger partial charge in [-0.1, -0.05) is 18.7 Å². The Kier molecular flexibility index (Phi) is 6.60. The summed E-state index contributed by atoms with van der Waals surface area (Å²) >= 11 is 0. The van der Waals surface area contributed by atoms with E-state index in [4.69, 9.17) is 5.73 Å². The van der Waals surface area contributed by atoms with Crippen LogP contribution >= 0.6 is 0 Å². The number of nitrogens with two attached hydrogens (primary N) is 1. The van der Waals surface area contributed by atoms with Gasteiger partial charge in [-0.3, -0.25) is 4.99 Å². The molecule has 2 aromatic carbocycles. The second-order valence-electron chi connectivity index (χ2n) is 7.73. The number of hydrogen-bond acceptors (Lipinski definition) is 5. The predicted octanol–water partition coefficient (Wildman–Crippen LogP) is 5.58. The molecule has 36 heavy (non-hydrogen) atoms. The summed E-state index contributed by atoms with van der Waals surface area (Å²) in [5, 5.41) is 17.0. The Balaban J connectivity index is 1.95. The molecular weight excluding hydrogens is 471 g/mol. The third-order valence-electron chi connectivity index (χ3n) is 5.33. The van der Waals surface area contributed by atoms with Gasteiger partial charge in [-0.25, -0.2) is 22.6 Å². The first-order valence-corrected chi connectivity index (χ1v) is 10.6. The van der Waals surface area contributed by atoms with Crippen LogP contribution in [0.3, 0.4) is 0 Å². The Bertz CT molecular complexity index is 1520. The number of allylic oxidation sites excluding steroid dienone is 5. The van der Waals surface area contributed by atoms with E-state index in [2.05, 4.69) is 22.0 Å². The van der Waals surface area contributed by atoms with E-state index in [9.17, 15) is 23.1 Å². The number of carboxylic acids is 1. The summed E-state index contributed by atoms with van der Waals surface area (Å²) in [6, 6.07) is 9.06. The SMILES string of the molecule is C=C1C=C(c2c(C)nn(-c3ccc(F)cc3F)c2Nc2ccccc2C(=O)O)C=C(F)C1=N/C=C\N. The second kappa shape index (κ2) is 9.79. The molecule has 0 fully saturated rings. The monoisotopic (exact) mass is 491 g/mol. The summed E-state index contributed by atoms with van der Waals surface area (Å²) in [5.74, 6) is -3.42. The molecule has 0 radical (unpaired) electrons. The van der Waals surface area contributed by atoms with E-state index in [0.717, 1.165) is 12.3 Å². The summed E-state index contributed by atoms with van der Waals surface area (Å²) in [6.07, 6.45) is 5.15. The molecule has 182 valence electrons. The highest BCUT2D eigenvalue weighted by atomic mass is 19.1. The fourth-order valence-corrected chi connectivity index (χ4v) is 3.78. The lowest BCUT2D eigenvalue weighted by Crippen LogP contribution is -2.10. The van der Waals surface area contributed by atoms with E-state index < -0.39 is 23.4 Å². The van der Waals surface area contributed by atoms with Crippen LogP contribution in [0.15, 0.2) is 90.0 Å². The lowest BCUT2D eigenvalue weighted by Gasteiger charge is -2.17. The highest BCUT2D eigenvalue weighted by molar-refractivity contribution is 6.17.